The van der Waals surface area contributed by atoms with Crippen LogP contribution in [0.5, 0.6) is 0 Å². The summed E-state index contributed by atoms with van der Waals surface area (Å²) in [5.74, 6) is -1.27. The van der Waals surface area contributed by atoms with Crippen LogP contribution < -0.4 is 0 Å². The SMILES string of the molecule is CCCCCCCCCC(O[N+](=O)[O-])C(=O)O. The lowest BCUT2D eigenvalue weighted by Gasteiger charge is -2.09. The molecule has 6 nitrogen and oxygen atoms in total. The van der Waals surface area contributed by atoms with Gasteiger partial charge in [0, 0.05) is 0 Å². The lowest BCUT2D eigenvalue weighted by atomic mass is 10.1. The van der Waals surface area contributed by atoms with Crippen LogP contribution in [0, 0.1) is 10.1 Å². The Labute approximate surface area is 101 Å². The van der Waals surface area contributed by atoms with E-state index >= 15 is 0 Å². The Morgan fingerprint density at radius 3 is 2.24 bits per heavy atom. The molecule has 0 radical (unpaired) electrons. The molecule has 0 heterocycles. The molecule has 0 aliphatic carbocycles. The summed E-state index contributed by atoms with van der Waals surface area (Å²) >= 11 is 0. The molecule has 0 saturated heterocycles. The van der Waals surface area contributed by atoms with Crippen LogP contribution in [0.3, 0.4) is 0 Å². The Morgan fingerprint density at radius 2 is 1.76 bits per heavy atom. The Bertz CT molecular complexity index is 232. The second-order valence-corrected chi connectivity index (χ2v) is 4.07. The van der Waals surface area contributed by atoms with Gasteiger partial charge in [-0.2, -0.15) is 0 Å². The van der Waals surface area contributed by atoms with E-state index in [-0.39, 0.29) is 6.42 Å². The number of carbonyl (C=O) groups is 1. The van der Waals surface area contributed by atoms with E-state index in [2.05, 4.69) is 11.8 Å². The second kappa shape index (κ2) is 9.86. The van der Waals surface area contributed by atoms with Gasteiger partial charge in [-0.15, -0.1) is 10.1 Å². The normalized spacial score (nSPS) is 12.1. The fourth-order valence-corrected chi connectivity index (χ4v) is 1.61. The van der Waals surface area contributed by atoms with Crippen LogP contribution in [0.15, 0.2) is 0 Å². The van der Waals surface area contributed by atoms with Gasteiger partial charge in [-0.1, -0.05) is 51.9 Å². The summed E-state index contributed by atoms with van der Waals surface area (Å²) in [5, 5.41) is 17.7. The Kier molecular flexibility index (Phi) is 9.09. The maximum Gasteiger partial charge on any atom is 0.332 e. The molecule has 0 bridgehead atoms. The first-order chi connectivity index (χ1) is 8.07. The molecule has 0 aromatic heterocycles. The van der Waals surface area contributed by atoms with E-state index < -0.39 is 17.2 Å². The molecule has 0 saturated carbocycles. The number of hydrogen-bond acceptors (Lipinski definition) is 4. The van der Waals surface area contributed by atoms with Crippen molar-refractivity contribution in [3.05, 3.63) is 10.1 Å². The predicted molar refractivity (Wildman–Crippen MR) is 62.1 cm³/mol. The largest absolute Gasteiger partial charge is 0.480 e. The van der Waals surface area contributed by atoms with Crippen molar-refractivity contribution in [1.29, 1.82) is 0 Å². The molecule has 100 valence electrons. The molecule has 0 spiro atoms. The standard InChI is InChI=1S/C11H21NO5/c1-2-3-4-5-6-7-8-9-10(11(13)14)17-12(15)16/h10H,2-9H2,1H3,(H,13,14). The van der Waals surface area contributed by atoms with Gasteiger partial charge in [0.15, 0.2) is 0 Å². The third-order valence-corrected chi connectivity index (χ3v) is 2.56. The van der Waals surface area contributed by atoms with E-state index in [0.717, 1.165) is 19.3 Å². The zero-order valence-electron chi connectivity index (χ0n) is 10.3. The third-order valence-electron chi connectivity index (χ3n) is 2.56. The van der Waals surface area contributed by atoms with Crippen molar-refractivity contribution >= 4 is 5.97 Å². The maximum absolute atomic E-state index is 10.6. The summed E-state index contributed by atoms with van der Waals surface area (Å²) in [6.07, 6.45) is 6.23. The Balaban J connectivity index is 3.55. The predicted octanol–water partition coefficient (Wildman–Crippen LogP) is 2.79. The molecule has 0 amide bonds. The zero-order valence-corrected chi connectivity index (χ0v) is 10.3. The van der Waals surface area contributed by atoms with Crippen LogP contribution in [0.1, 0.15) is 58.3 Å². The Morgan fingerprint density at radius 1 is 1.24 bits per heavy atom. The highest BCUT2D eigenvalue weighted by molar-refractivity contribution is 5.72. The quantitative estimate of drug-likeness (QED) is 0.344. The molecule has 0 aliphatic heterocycles. The van der Waals surface area contributed by atoms with Gasteiger partial charge in [0.1, 0.15) is 0 Å². The van der Waals surface area contributed by atoms with Gasteiger partial charge >= 0.3 is 5.97 Å². The second-order valence-electron chi connectivity index (χ2n) is 4.07. The molecule has 0 fully saturated rings. The number of rotatable bonds is 11. The van der Waals surface area contributed by atoms with Crippen LogP contribution in [-0.2, 0) is 9.63 Å². The lowest BCUT2D eigenvalue weighted by molar-refractivity contribution is -0.765. The molecular weight excluding hydrogens is 226 g/mol. The first-order valence-electron chi connectivity index (χ1n) is 6.12. The molecule has 0 aliphatic rings. The molecule has 1 N–H and O–H groups in total. The average molecular weight is 247 g/mol. The summed E-state index contributed by atoms with van der Waals surface area (Å²) in [7, 11) is 0. The van der Waals surface area contributed by atoms with E-state index in [0.29, 0.717) is 6.42 Å². The molecule has 1 unspecified atom stereocenters. The fraction of sp³-hybridized carbons (Fsp3) is 0.909. The maximum atomic E-state index is 10.6. The topological polar surface area (TPSA) is 89.7 Å². The number of carboxylic acid groups (broad SMARTS) is 1. The highest BCUT2D eigenvalue weighted by Crippen LogP contribution is 2.11. The van der Waals surface area contributed by atoms with Gasteiger partial charge in [-0.05, 0) is 6.42 Å². The average Bonchev–Trinajstić information content (AvgIpc) is 2.25. The summed E-state index contributed by atoms with van der Waals surface area (Å²) in [6.45, 7) is 2.15. The highest BCUT2D eigenvalue weighted by Gasteiger charge is 2.20. The van der Waals surface area contributed by atoms with Crippen LogP contribution in [0.4, 0.5) is 0 Å². The fourth-order valence-electron chi connectivity index (χ4n) is 1.61. The van der Waals surface area contributed by atoms with E-state index in [4.69, 9.17) is 5.11 Å². The minimum atomic E-state index is -1.32. The minimum Gasteiger partial charge on any atom is -0.480 e. The molecule has 6 heteroatoms. The molecule has 0 aromatic carbocycles. The highest BCUT2D eigenvalue weighted by atomic mass is 17.0. The van der Waals surface area contributed by atoms with Crippen molar-refractivity contribution < 1.29 is 19.8 Å². The van der Waals surface area contributed by atoms with Crippen molar-refractivity contribution in [3.8, 4) is 0 Å². The van der Waals surface area contributed by atoms with E-state index in [1.165, 1.54) is 19.3 Å². The van der Waals surface area contributed by atoms with Gasteiger partial charge in [0.25, 0.3) is 5.09 Å². The summed E-state index contributed by atoms with van der Waals surface area (Å²) in [4.78, 5) is 24.7. The molecule has 0 aromatic rings. The van der Waals surface area contributed by atoms with Crippen LogP contribution in [-0.4, -0.2) is 22.3 Å². The van der Waals surface area contributed by atoms with Crippen LogP contribution in [0.25, 0.3) is 0 Å². The molecule has 1 atom stereocenters. The smallest absolute Gasteiger partial charge is 0.332 e. The monoisotopic (exact) mass is 247 g/mol. The summed E-state index contributed by atoms with van der Waals surface area (Å²) < 4.78 is 0. The van der Waals surface area contributed by atoms with E-state index in [9.17, 15) is 14.9 Å². The van der Waals surface area contributed by atoms with Gasteiger partial charge in [-0.25, -0.2) is 4.79 Å². The van der Waals surface area contributed by atoms with Gasteiger partial charge < -0.3 is 5.11 Å². The number of carboxylic acids is 1. The number of nitrogens with zero attached hydrogens (tertiary/aromatic N) is 1. The third kappa shape index (κ3) is 9.59. The van der Waals surface area contributed by atoms with Crippen molar-refractivity contribution in [1.82, 2.24) is 0 Å². The van der Waals surface area contributed by atoms with Crippen LogP contribution >= 0.6 is 0 Å². The van der Waals surface area contributed by atoms with Crippen LogP contribution in [0.2, 0.25) is 0 Å². The zero-order chi connectivity index (χ0) is 13.1. The van der Waals surface area contributed by atoms with Crippen molar-refractivity contribution in [2.24, 2.45) is 0 Å². The Hall–Kier alpha value is -1.33. The minimum absolute atomic E-state index is 0.199. The van der Waals surface area contributed by atoms with Crippen molar-refractivity contribution in [2.75, 3.05) is 0 Å². The van der Waals surface area contributed by atoms with Crippen molar-refractivity contribution in [2.45, 2.75) is 64.4 Å². The number of unbranched alkanes of at least 4 members (excludes halogenated alkanes) is 6. The number of aliphatic carboxylic acids is 1. The molecule has 17 heavy (non-hydrogen) atoms. The van der Waals surface area contributed by atoms with Gasteiger partial charge in [-0.3, -0.25) is 4.84 Å². The molecule has 0 rings (SSSR count). The first-order valence-corrected chi connectivity index (χ1v) is 6.12. The van der Waals surface area contributed by atoms with Gasteiger partial charge in [0.05, 0.1) is 0 Å². The van der Waals surface area contributed by atoms with Gasteiger partial charge in [0.2, 0.25) is 6.10 Å². The summed E-state index contributed by atoms with van der Waals surface area (Å²) in [5.41, 5.74) is 0. The summed E-state index contributed by atoms with van der Waals surface area (Å²) in [6, 6.07) is 0. The van der Waals surface area contributed by atoms with E-state index in [1.54, 1.807) is 0 Å². The molecular formula is C11H21NO5. The van der Waals surface area contributed by atoms with E-state index in [1.807, 2.05) is 0 Å². The number of hydrogen-bond donors (Lipinski definition) is 1. The van der Waals surface area contributed by atoms with Crippen molar-refractivity contribution in [3.63, 3.8) is 0 Å². The first kappa shape index (κ1) is 15.7. The lowest BCUT2D eigenvalue weighted by Crippen LogP contribution is -2.26.